The first kappa shape index (κ1) is 29.8. The van der Waals surface area contributed by atoms with Crippen LogP contribution in [0.3, 0.4) is 0 Å². The molecule has 2 heterocycles. The van der Waals surface area contributed by atoms with Crippen LogP contribution in [0.1, 0.15) is 44.2 Å². The first-order valence-corrected chi connectivity index (χ1v) is 14.2. The average Bonchev–Trinajstić information content (AvgIpc) is 3.63. The van der Waals surface area contributed by atoms with E-state index >= 15 is 0 Å². The smallest absolute Gasteiger partial charge is 0.326 e. The molecule has 1 aliphatic heterocycles. The molecule has 0 radical (unpaired) electrons. The summed E-state index contributed by atoms with van der Waals surface area (Å²) in [5, 5.41) is 16.1. The van der Waals surface area contributed by atoms with Gasteiger partial charge in [0.15, 0.2) is 0 Å². The third kappa shape index (κ3) is 7.13. The van der Waals surface area contributed by atoms with E-state index in [1.54, 1.807) is 13.1 Å². The Morgan fingerprint density at radius 2 is 1.76 bits per heavy atom. The molecule has 0 spiro atoms. The van der Waals surface area contributed by atoms with Crippen molar-refractivity contribution in [3.05, 3.63) is 71.9 Å². The second-order valence-electron chi connectivity index (χ2n) is 10.8. The SMILES string of the molecule is CCC(C)C(NC(=O)C(Cc1c[nH]c2ccccc12)NC(=O)C1CCCN1C(=O)C(N)Cc1ccccc1)C(=O)O. The summed E-state index contributed by atoms with van der Waals surface area (Å²) in [6, 6.07) is 13.3. The lowest BCUT2D eigenvalue weighted by atomic mass is 9.98. The van der Waals surface area contributed by atoms with Crippen molar-refractivity contribution in [1.82, 2.24) is 20.5 Å². The number of benzene rings is 2. The van der Waals surface area contributed by atoms with Gasteiger partial charge in [0.05, 0.1) is 6.04 Å². The predicted octanol–water partition coefficient (Wildman–Crippen LogP) is 2.37. The Morgan fingerprint density at radius 3 is 2.46 bits per heavy atom. The molecule has 0 saturated carbocycles. The molecule has 0 bridgehead atoms. The fourth-order valence-electron chi connectivity index (χ4n) is 5.41. The summed E-state index contributed by atoms with van der Waals surface area (Å²) in [4.78, 5) is 57.0. The lowest BCUT2D eigenvalue weighted by Gasteiger charge is -2.29. The number of para-hydroxylation sites is 1. The molecular weight excluding hydrogens is 522 g/mol. The Bertz CT molecular complexity index is 1370. The van der Waals surface area contributed by atoms with Crippen LogP contribution in [0, 0.1) is 5.92 Å². The zero-order valence-corrected chi connectivity index (χ0v) is 23.5. The number of nitrogens with two attached hydrogens (primary N) is 1. The van der Waals surface area contributed by atoms with Gasteiger partial charge in [0.1, 0.15) is 18.1 Å². The molecular formula is C31H39N5O5. The number of likely N-dealkylation sites (tertiary alicyclic amines) is 1. The lowest BCUT2D eigenvalue weighted by Crippen LogP contribution is -2.58. The summed E-state index contributed by atoms with van der Waals surface area (Å²) in [5.74, 6) is -2.81. The molecule has 1 saturated heterocycles. The van der Waals surface area contributed by atoms with E-state index in [2.05, 4.69) is 15.6 Å². The number of carbonyl (C=O) groups is 4. The van der Waals surface area contributed by atoms with Gasteiger partial charge in [-0.1, -0.05) is 68.8 Å². The summed E-state index contributed by atoms with van der Waals surface area (Å²) in [6.07, 6.45) is 3.91. The number of carboxylic acids is 1. The molecule has 3 amide bonds. The predicted molar refractivity (Wildman–Crippen MR) is 156 cm³/mol. The molecule has 0 aliphatic carbocycles. The maximum Gasteiger partial charge on any atom is 0.326 e. The van der Waals surface area contributed by atoms with Crippen LogP contribution in [0.15, 0.2) is 60.8 Å². The second-order valence-corrected chi connectivity index (χ2v) is 10.8. The van der Waals surface area contributed by atoms with Crippen molar-refractivity contribution in [3.63, 3.8) is 0 Å². The highest BCUT2D eigenvalue weighted by molar-refractivity contribution is 5.95. The normalized spacial score (nSPS) is 17.9. The quantitative estimate of drug-likeness (QED) is 0.228. The van der Waals surface area contributed by atoms with Crippen LogP contribution < -0.4 is 16.4 Å². The van der Waals surface area contributed by atoms with Crippen molar-refractivity contribution in [3.8, 4) is 0 Å². The Balaban J connectivity index is 1.53. The minimum absolute atomic E-state index is 0.141. The molecule has 1 fully saturated rings. The number of rotatable bonds is 12. The lowest BCUT2D eigenvalue weighted by molar-refractivity contribution is -0.144. The third-order valence-electron chi connectivity index (χ3n) is 7.96. The number of aromatic nitrogens is 1. The van der Waals surface area contributed by atoms with Crippen molar-refractivity contribution in [2.24, 2.45) is 11.7 Å². The van der Waals surface area contributed by atoms with Crippen LogP contribution >= 0.6 is 0 Å². The van der Waals surface area contributed by atoms with Crippen LogP contribution in [0.4, 0.5) is 0 Å². The highest BCUT2D eigenvalue weighted by atomic mass is 16.4. The number of hydrogen-bond acceptors (Lipinski definition) is 5. The second kappa shape index (κ2) is 13.5. The van der Waals surface area contributed by atoms with E-state index < -0.39 is 42.0 Å². The van der Waals surface area contributed by atoms with Gasteiger partial charge < -0.3 is 31.4 Å². The average molecular weight is 562 g/mol. The summed E-state index contributed by atoms with van der Waals surface area (Å²) in [7, 11) is 0. The highest BCUT2D eigenvalue weighted by Gasteiger charge is 2.38. The number of aliphatic carboxylic acids is 1. The Labute approximate surface area is 239 Å². The van der Waals surface area contributed by atoms with E-state index in [1.165, 1.54) is 4.90 Å². The van der Waals surface area contributed by atoms with Crippen LogP contribution in [-0.2, 0) is 32.0 Å². The number of fused-ring (bicyclic) bond motifs is 1. The monoisotopic (exact) mass is 561 g/mol. The van der Waals surface area contributed by atoms with E-state index in [1.807, 2.05) is 61.5 Å². The number of amides is 3. The van der Waals surface area contributed by atoms with Crippen LogP contribution in [0.25, 0.3) is 10.9 Å². The molecule has 1 aliphatic rings. The van der Waals surface area contributed by atoms with Crippen LogP contribution in [-0.4, -0.2) is 69.4 Å². The number of nitrogens with one attached hydrogen (secondary N) is 3. The minimum atomic E-state index is -1.13. The van der Waals surface area contributed by atoms with E-state index in [-0.39, 0.29) is 18.2 Å². The van der Waals surface area contributed by atoms with Crippen LogP contribution in [0.2, 0.25) is 0 Å². The Kier molecular flexibility index (Phi) is 9.78. The van der Waals surface area contributed by atoms with E-state index in [0.717, 1.165) is 22.0 Å². The fourth-order valence-corrected chi connectivity index (χ4v) is 5.41. The molecule has 1 aromatic heterocycles. The van der Waals surface area contributed by atoms with E-state index in [0.29, 0.717) is 32.2 Å². The standard InChI is InChI=1S/C31H39N5O5/c1-3-19(2)27(31(40)41)35-28(37)25(17-21-18-33-24-13-8-7-12-22(21)24)34-29(38)26-14-9-15-36(26)30(39)23(32)16-20-10-5-4-6-11-20/h4-8,10-13,18-19,23,25-27,33H,3,9,14-17,32H2,1-2H3,(H,34,38)(H,35,37)(H,40,41). The molecule has 10 nitrogen and oxygen atoms in total. The van der Waals surface area contributed by atoms with Gasteiger partial charge in [-0.05, 0) is 42.4 Å². The fraction of sp³-hybridized carbons (Fsp3) is 0.419. The topological polar surface area (TPSA) is 158 Å². The van der Waals surface area contributed by atoms with E-state index in [9.17, 15) is 24.3 Å². The molecule has 41 heavy (non-hydrogen) atoms. The third-order valence-corrected chi connectivity index (χ3v) is 7.96. The number of carboxylic acid groups (broad SMARTS) is 1. The van der Waals surface area contributed by atoms with Gasteiger partial charge >= 0.3 is 5.97 Å². The molecule has 10 heteroatoms. The zero-order chi connectivity index (χ0) is 29.5. The number of H-pyrrole nitrogens is 1. The molecule has 4 rings (SSSR count). The summed E-state index contributed by atoms with van der Waals surface area (Å²) >= 11 is 0. The molecule has 2 aromatic carbocycles. The largest absolute Gasteiger partial charge is 0.480 e. The summed E-state index contributed by atoms with van der Waals surface area (Å²) in [5.41, 5.74) is 8.88. The Hall–Kier alpha value is -4.18. The van der Waals surface area contributed by atoms with E-state index in [4.69, 9.17) is 5.73 Å². The van der Waals surface area contributed by atoms with Gasteiger partial charge in [-0.15, -0.1) is 0 Å². The van der Waals surface area contributed by atoms with Crippen molar-refractivity contribution in [2.45, 2.75) is 70.1 Å². The van der Waals surface area contributed by atoms with Crippen molar-refractivity contribution < 1.29 is 24.3 Å². The van der Waals surface area contributed by atoms with Gasteiger partial charge in [0, 0.05) is 30.1 Å². The van der Waals surface area contributed by atoms with Crippen molar-refractivity contribution in [2.75, 3.05) is 6.54 Å². The Morgan fingerprint density at radius 1 is 1.05 bits per heavy atom. The first-order valence-electron chi connectivity index (χ1n) is 14.2. The summed E-state index contributed by atoms with van der Waals surface area (Å²) < 4.78 is 0. The number of hydrogen-bond donors (Lipinski definition) is 5. The first-order chi connectivity index (χ1) is 19.7. The van der Waals surface area contributed by atoms with Gasteiger partial charge in [-0.3, -0.25) is 14.4 Å². The van der Waals surface area contributed by atoms with Crippen LogP contribution in [0.5, 0.6) is 0 Å². The van der Waals surface area contributed by atoms with Gasteiger partial charge in [0.25, 0.3) is 0 Å². The van der Waals surface area contributed by atoms with Gasteiger partial charge in [-0.2, -0.15) is 0 Å². The van der Waals surface area contributed by atoms with Crippen molar-refractivity contribution in [1.29, 1.82) is 0 Å². The molecule has 5 unspecified atom stereocenters. The van der Waals surface area contributed by atoms with Gasteiger partial charge in [0.2, 0.25) is 17.7 Å². The molecule has 218 valence electrons. The van der Waals surface area contributed by atoms with Crippen molar-refractivity contribution >= 4 is 34.6 Å². The molecule has 3 aromatic rings. The maximum absolute atomic E-state index is 13.6. The number of nitrogens with zero attached hydrogens (tertiary/aromatic N) is 1. The molecule has 5 atom stereocenters. The number of carbonyl (C=O) groups excluding carboxylic acids is 3. The maximum atomic E-state index is 13.6. The highest BCUT2D eigenvalue weighted by Crippen LogP contribution is 2.22. The summed E-state index contributed by atoms with van der Waals surface area (Å²) in [6.45, 7) is 4.01. The van der Waals surface area contributed by atoms with Gasteiger partial charge in [-0.25, -0.2) is 4.79 Å². The zero-order valence-electron chi connectivity index (χ0n) is 23.5. The number of aromatic amines is 1. The minimum Gasteiger partial charge on any atom is -0.480 e. The molecule has 6 N–H and O–H groups in total.